The molecule has 0 atom stereocenters. The Morgan fingerprint density at radius 3 is 2.54 bits per heavy atom. The number of amides is 1. The molecule has 0 fully saturated rings. The Balaban J connectivity index is 2.03. The maximum Gasteiger partial charge on any atom is 0.251 e. The monoisotopic (exact) mass is 376 g/mol. The Bertz CT molecular complexity index is 863. The molecule has 0 unspecified atom stereocenters. The molecule has 0 saturated heterocycles. The first kappa shape index (κ1) is 19.9. The molecule has 140 valence electrons. The van der Waals surface area contributed by atoms with Gasteiger partial charge in [0.2, 0.25) is 10.0 Å². The number of methoxy groups -OCH3 is 1. The van der Waals surface area contributed by atoms with E-state index in [2.05, 4.69) is 10.0 Å². The average Bonchev–Trinajstić information content (AvgIpc) is 2.61. The van der Waals surface area contributed by atoms with Crippen LogP contribution in [0.1, 0.15) is 29.8 Å². The van der Waals surface area contributed by atoms with Gasteiger partial charge in [-0.25, -0.2) is 13.1 Å². The Morgan fingerprint density at radius 1 is 1.12 bits per heavy atom. The van der Waals surface area contributed by atoms with Gasteiger partial charge in [0.15, 0.2) is 0 Å². The van der Waals surface area contributed by atoms with Gasteiger partial charge in [0.1, 0.15) is 5.75 Å². The van der Waals surface area contributed by atoms with Gasteiger partial charge in [-0.1, -0.05) is 24.3 Å². The molecule has 2 rings (SSSR count). The van der Waals surface area contributed by atoms with Crippen molar-refractivity contribution in [2.24, 2.45) is 0 Å². The first-order valence-corrected chi connectivity index (χ1v) is 9.84. The van der Waals surface area contributed by atoms with Crippen LogP contribution in [0.3, 0.4) is 0 Å². The van der Waals surface area contributed by atoms with Crippen LogP contribution in [-0.2, 0) is 16.4 Å². The summed E-state index contributed by atoms with van der Waals surface area (Å²) in [7, 11) is -2.03. The summed E-state index contributed by atoms with van der Waals surface area (Å²) in [4.78, 5) is 12.4. The molecule has 0 bridgehead atoms. The summed E-state index contributed by atoms with van der Waals surface area (Å²) in [5.74, 6) is 0.455. The summed E-state index contributed by atoms with van der Waals surface area (Å²) in [5.41, 5.74) is 1.30. The quantitative estimate of drug-likeness (QED) is 0.741. The third-order valence-electron chi connectivity index (χ3n) is 3.67. The lowest BCUT2D eigenvalue weighted by molar-refractivity contribution is 0.0954. The average molecular weight is 376 g/mol. The first-order valence-electron chi connectivity index (χ1n) is 8.36. The van der Waals surface area contributed by atoms with Crippen LogP contribution in [0.4, 0.5) is 0 Å². The normalized spacial score (nSPS) is 11.4. The highest BCUT2D eigenvalue weighted by atomic mass is 32.2. The summed E-state index contributed by atoms with van der Waals surface area (Å²) in [6.45, 7) is 3.90. The number of carbonyl (C=O) groups excluding carboxylic acids is 1. The Morgan fingerprint density at radius 2 is 1.85 bits per heavy atom. The van der Waals surface area contributed by atoms with Crippen LogP contribution < -0.4 is 14.8 Å². The number of hydrogen-bond acceptors (Lipinski definition) is 4. The van der Waals surface area contributed by atoms with Gasteiger partial charge in [0.25, 0.3) is 5.91 Å². The van der Waals surface area contributed by atoms with E-state index < -0.39 is 10.0 Å². The summed E-state index contributed by atoms with van der Waals surface area (Å²) < 4.78 is 32.3. The molecule has 2 aromatic carbocycles. The van der Waals surface area contributed by atoms with Crippen LogP contribution in [0.15, 0.2) is 53.4 Å². The van der Waals surface area contributed by atoms with Crippen LogP contribution in [0.25, 0.3) is 0 Å². The number of sulfonamides is 1. The van der Waals surface area contributed by atoms with Crippen molar-refractivity contribution in [2.75, 3.05) is 13.7 Å². The summed E-state index contributed by atoms with van der Waals surface area (Å²) >= 11 is 0. The summed E-state index contributed by atoms with van der Waals surface area (Å²) in [6.07, 6.45) is 0.614. The smallest absolute Gasteiger partial charge is 0.251 e. The molecule has 0 aliphatic rings. The number of hydrogen-bond donors (Lipinski definition) is 2. The van der Waals surface area contributed by atoms with E-state index in [1.165, 1.54) is 12.1 Å². The second-order valence-electron chi connectivity index (χ2n) is 6.12. The summed E-state index contributed by atoms with van der Waals surface area (Å²) in [6, 6.07) is 13.4. The van der Waals surface area contributed by atoms with Crippen LogP contribution in [0.5, 0.6) is 5.75 Å². The van der Waals surface area contributed by atoms with E-state index in [4.69, 9.17) is 4.74 Å². The molecule has 0 saturated carbocycles. The Hall–Kier alpha value is -2.38. The van der Waals surface area contributed by atoms with Gasteiger partial charge in [-0.3, -0.25) is 4.79 Å². The third kappa shape index (κ3) is 5.31. The molecule has 1 amide bonds. The third-order valence-corrected chi connectivity index (χ3v) is 5.33. The minimum absolute atomic E-state index is 0.0728. The van der Waals surface area contributed by atoms with Crippen LogP contribution in [-0.4, -0.2) is 34.0 Å². The molecule has 0 aliphatic heterocycles. The van der Waals surface area contributed by atoms with Crippen molar-refractivity contribution in [3.05, 3.63) is 59.7 Å². The van der Waals surface area contributed by atoms with Crippen molar-refractivity contribution in [1.82, 2.24) is 10.0 Å². The number of carbonyl (C=O) groups is 1. The largest absolute Gasteiger partial charge is 0.496 e. The number of ether oxygens (including phenoxy) is 1. The number of benzene rings is 2. The van der Waals surface area contributed by atoms with Crippen molar-refractivity contribution in [3.63, 3.8) is 0 Å². The molecule has 2 N–H and O–H groups in total. The minimum atomic E-state index is -3.63. The fourth-order valence-corrected chi connectivity index (χ4v) is 3.80. The second-order valence-corrected chi connectivity index (χ2v) is 7.84. The van der Waals surface area contributed by atoms with Crippen molar-refractivity contribution in [1.29, 1.82) is 0 Å². The fourth-order valence-electron chi connectivity index (χ4n) is 2.51. The van der Waals surface area contributed by atoms with E-state index in [1.54, 1.807) is 33.1 Å². The molecule has 2 aromatic rings. The van der Waals surface area contributed by atoms with Crippen LogP contribution in [0, 0.1) is 0 Å². The lowest BCUT2D eigenvalue weighted by Gasteiger charge is -2.11. The van der Waals surface area contributed by atoms with Gasteiger partial charge in [0.05, 0.1) is 12.0 Å². The highest BCUT2D eigenvalue weighted by Gasteiger charge is 2.17. The van der Waals surface area contributed by atoms with Gasteiger partial charge < -0.3 is 10.1 Å². The molecule has 0 aromatic heterocycles. The van der Waals surface area contributed by atoms with Crippen molar-refractivity contribution in [2.45, 2.75) is 31.2 Å². The SMILES string of the molecule is COc1ccccc1CCNC(=O)c1cccc(S(=O)(=O)NC(C)C)c1. The van der Waals surface area contributed by atoms with Crippen LogP contribution in [0.2, 0.25) is 0 Å². The molecular formula is C19H24N2O4S. The molecule has 0 aliphatic carbocycles. The molecule has 7 heteroatoms. The van der Waals surface area contributed by atoms with Crippen LogP contribution >= 0.6 is 0 Å². The van der Waals surface area contributed by atoms with Gasteiger partial charge in [0, 0.05) is 18.2 Å². The number of rotatable bonds is 8. The first-order chi connectivity index (χ1) is 12.3. The van der Waals surface area contributed by atoms with Gasteiger partial charge in [-0.15, -0.1) is 0 Å². The molecule has 0 spiro atoms. The van der Waals surface area contributed by atoms with E-state index >= 15 is 0 Å². The molecule has 0 radical (unpaired) electrons. The zero-order valence-corrected chi connectivity index (χ0v) is 16.0. The number of para-hydroxylation sites is 1. The van der Waals surface area contributed by atoms with Gasteiger partial charge in [-0.05, 0) is 50.1 Å². The standard InChI is InChI=1S/C19H24N2O4S/c1-14(2)21-26(23,24)17-9-6-8-16(13-17)19(22)20-12-11-15-7-4-5-10-18(15)25-3/h4-10,13-14,21H,11-12H2,1-3H3,(H,20,22). The van der Waals surface area contributed by atoms with E-state index in [1.807, 2.05) is 24.3 Å². The van der Waals surface area contributed by atoms with E-state index in [0.29, 0.717) is 18.5 Å². The predicted octanol–water partition coefficient (Wildman–Crippen LogP) is 2.35. The highest BCUT2D eigenvalue weighted by molar-refractivity contribution is 7.89. The topological polar surface area (TPSA) is 84.5 Å². The van der Waals surface area contributed by atoms with E-state index in [0.717, 1.165) is 11.3 Å². The lowest BCUT2D eigenvalue weighted by Crippen LogP contribution is -2.31. The minimum Gasteiger partial charge on any atom is -0.496 e. The van der Waals surface area contributed by atoms with Gasteiger partial charge >= 0.3 is 0 Å². The fraction of sp³-hybridized carbons (Fsp3) is 0.316. The Kier molecular flexibility index (Phi) is 6.76. The Labute approximate surface area is 154 Å². The highest BCUT2D eigenvalue weighted by Crippen LogP contribution is 2.17. The zero-order chi connectivity index (χ0) is 19.2. The predicted molar refractivity (Wildman–Crippen MR) is 101 cm³/mol. The van der Waals surface area contributed by atoms with Gasteiger partial charge in [-0.2, -0.15) is 0 Å². The lowest BCUT2D eigenvalue weighted by atomic mass is 10.1. The van der Waals surface area contributed by atoms with E-state index in [-0.39, 0.29) is 16.8 Å². The van der Waals surface area contributed by atoms with E-state index in [9.17, 15) is 13.2 Å². The van der Waals surface area contributed by atoms with Crippen molar-refractivity contribution < 1.29 is 17.9 Å². The second kappa shape index (κ2) is 8.82. The molecular weight excluding hydrogens is 352 g/mol. The van der Waals surface area contributed by atoms with Crippen molar-refractivity contribution in [3.8, 4) is 5.75 Å². The molecule has 6 nitrogen and oxygen atoms in total. The maximum atomic E-state index is 12.3. The summed E-state index contributed by atoms with van der Waals surface area (Å²) in [5, 5.41) is 2.81. The maximum absolute atomic E-state index is 12.3. The molecule has 26 heavy (non-hydrogen) atoms. The number of nitrogens with one attached hydrogen (secondary N) is 2. The zero-order valence-electron chi connectivity index (χ0n) is 15.2. The molecule has 0 heterocycles. The van der Waals surface area contributed by atoms with Crippen molar-refractivity contribution >= 4 is 15.9 Å².